The summed E-state index contributed by atoms with van der Waals surface area (Å²) in [5.74, 6) is 1.22. The number of ether oxygens (including phenoxy) is 1. The molecule has 0 unspecified atom stereocenters. The van der Waals surface area contributed by atoms with E-state index in [1.807, 2.05) is 71.9 Å². The van der Waals surface area contributed by atoms with Crippen molar-refractivity contribution in [2.75, 3.05) is 25.6 Å². The number of nitrogens with zero attached hydrogens (tertiary/aromatic N) is 3. The summed E-state index contributed by atoms with van der Waals surface area (Å²) >= 11 is 1.61. The number of amides is 1. The molecule has 0 radical (unpaired) electrons. The molecule has 4 aromatic rings. The smallest absolute Gasteiger partial charge is 0.258 e. The Morgan fingerprint density at radius 2 is 1.84 bits per heavy atom. The van der Waals surface area contributed by atoms with Crippen molar-refractivity contribution in [3.05, 3.63) is 87.1 Å². The van der Waals surface area contributed by atoms with E-state index in [0.29, 0.717) is 29.8 Å². The average molecular weight is 449 g/mol. The van der Waals surface area contributed by atoms with Crippen LogP contribution in [-0.2, 0) is 17.9 Å². The average Bonchev–Trinajstić information content (AvgIpc) is 3.31. The minimum atomic E-state index is -0.178. The number of H-pyrrole nitrogens is 1. The number of thiophene rings is 1. The molecule has 0 atom stereocenters. The van der Waals surface area contributed by atoms with Gasteiger partial charge in [0.2, 0.25) is 5.91 Å². The van der Waals surface area contributed by atoms with Crippen molar-refractivity contribution in [1.29, 1.82) is 0 Å². The number of hydrogen-bond acceptors (Lipinski definition) is 6. The van der Waals surface area contributed by atoms with Crippen LogP contribution < -0.4 is 15.2 Å². The van der Waals surface area contributed by atoms with Crippen molar-refractivity contribution in [3.63, 3.8) is 0 Å². The predicted molar refractivity (Wildman–Crippen MR) is 127 cm³/mol. The normalized spacial score (nSPS) is 11.1. The maximum Gasteiger partial charge on any atom is 0.258 e. The maximum atomic E-state index is 13.3. The quantitative estimate of drug-likeness (QED) is 0.445. The number of carbonyl (C=O) groups excluding carboxylic acids is 1. The van der Waals surface area contributed by atoms with Gasteiger partial charge in [-0.05, 0) is 54.9 Å². The van der Waals surface area contributed by atoms with Crippen molar-refractivity contribution in [3.8, 4) is 5.75 Å². The Hall–Kier alpha value is -3.49. The first-order valence-electron chi connectivity index (χ1n) is 10.2. The lowest BCUT2D eigenvalue weighted by Gasteiger charge is -2.25. The molecule has 164 valence electrons. The molecule has 2 aromatic heterocycles. The Morgan fingerprint density at radius 1 is 1.06 bits per heavy atom. The van der Waals surface area contributed by atoms with Crippen molar-refractivity contribution >= 4 is 33.8 Å². The van der Waals surface area contributed by atoms with E-state index in [1.165, 1.54) is 0 Å². The summed E-state index contributed by atoms with van der Waals surface area (Å²) in [6.45, 7) is 1.01. The largest absolute Gasteiger partial charge is 0.497 e. The van der Waals surface area contributed by atoms with Crippen molar-refractivity contribution in [2.45, 2.75) is 13.1 Å². The number of hydrogen-bond donors (Lipinski definition) is 1. The van der Waals surface area contributed by atoms with Crippen molar-refractivity contribution < 1.29 is 9.53 Å². The molecule has 0 saturated heterocycles. The molecule has 0 bridgehead atoms. The zero-order valence-electron chi connectivity index (χ0n) is 17.9. The fraction of sp³-hybridized carbons (Fsp3) is 0.208. The highest BCUT2D eigenvalue weighted by Crippen LogP contribution is 2.23. The zero-order valence-corrected chi connectivity index (χ0v) is 18.8. The zero-order chi connectivity index (χ0) is 22.5. The molecule has 0 saturated carbocycles. The van der Waals surface area contributed by atoms with Gasteiger partial charge in [0.05, 0.1) is 37.6 Å². The highest BCUT2D eigenvalue weighted by molar-refractivity contribution is 7.09. The Labute approximate surface area is 189 Å². The Kier molecular flexibility index (Phi) is 6.63. The van der Waals surface area contributed by atoms with Crippen molar-refractivity contribution in [1.82, 2.24) is 14.9 Å². The third kappa shape index (κ3) is 5.04. The van der Waals surface area contributed by atoms with Crippen LogP contribution in [0, 0.1) is 0 Å². The minimum Gasteiger partial charge on any atom is -0.497 e. The van der Waals surface area contributed by atoms with Gasteiger partial charge < -0.3 is 14.6 Å². The van der Waals surface area contributed by atoms with Crippen LogP contribution >= 0.6 is 11.3 Å². The minimum absolute atomic E-state index is 0.0470. The van der Waals surface area contributed by atoms with Crippen LogP contribution in [-0.4, -0.2) is 41.5 Å². The Morgan fingerprint density at radius 3 is 2.56 bits per heavy atom. The number of likely N-dealkylation sites (N-methyl/N-ethyl adjacent to an activating group) is 1. The topological polar surface area (TPSA) is 78.5 Å². The molecule has 1 amide bonds. The third-order valence-electron chi connectivity index (χ3n) is 5.07. The van der Waals surface area contributed by atoms with E-state index in [1.54, 1.807) is 29.4 Å². The number of rotatable bonds is 8. The molecule has 8 heteroatoms. The van der Waals surface area contributed by atoms with E-state index in [2.05, 4.69) is 9.97 Å². The van der Waals surface area contributed by atoms with Crippen LogP contribution in [0.5, 0.6) is 5.75 Å². The van der Waals surface area contributed by atoms with Gasteiger partial charge in [0.1, 0.15) is 11.6 Å². The van der Waals surface area contributed by atoms with Gasteiger partial charge in [0, 0.05) is 10.6 Å². The van der Waals surface area contributed by atoms with Gasteiger partial charge in [-0.2, -0.15) is 0 Å². The molecular formula is C24H24N4O3S. The first kappa shape index (κ1) is 21.7. The lowest BCUT2D eigenvalue weighted by molar-refractivity contribution is -0.119. The molecule has 32 heavy (non-hydrogen) atoms. The fourth-order valence-electron chi connectivity index (χ4n) is 3.48. The van der Waals surface area contributed by atoms with Crippen LogP contribution in [0.15, 0.2) is 70.8 Å². The van der Waals surface area contributed by atoms with Crippen LogP contribution in [0.25, 0.3) is 10.9 Å². The summed E-state index contributed by atoms with van der Waals surface area (Å²) in [7, 11) is 3.45. The van der Waals surface area contributed by atoms with Gasteiger partial charge in [0.25, 0.3) is 5.56 Å². The Balaban J connectivity index is 1.51. The molecule has 4 rings (SSSR count). The molecule has 0 aliphatic carbocycles. The van der Waals surface area contributed by atoms with E-state index in [0.717, 1.165) is 16.3 Å². The predicted octanol–water partition coefficient (Wildman–Crippen LogP) is 3.66. The number of benzene rings is 2. The van der Waals surface area contributed by atoms with Gasteiger partial charge >= 0.3 is 0 Å². The van der Waals surface area contributed by atoms with E-state index >= 15 is 0 Å². The lowest BCUT2D eigenvalue weighted by Crippen LogP contribution is -2.38. The van der Waals surface area contributed by atoms with Gasteiger partial charge in [-0.3, -0.25) is 14.5 Å². The van der Waals surface area contributed by atoms with Crippen LogP contribution in [0.1, 0.15) is 10.7 Å². The second-order valence-electron chi connectivity index (χ2n) is 7.46. The molecule has 0 fully saturated rings. The fourth-order valence-corrected chi connectivity index (χ4v) is 4.17. The molecular weight excluding hydrogens is 424 g/mol. The first-order valence-corrected chi connectivity index (χ1v) is 11.0. The van der Waals surface area contributed by atoms with Gasteiger partial charge in [-0.1, -0.05) is 18.2 Å². The lowest BCUT2D eigenvalue weighted by atomic mass is 10.2. The summed E-state index contributed by atoms with van der Waals surface area (Å²) in [6, 6.07) is 18.7. The Bertz CT molecular complexity index is 1250. The second kappa shape index (κ2) is 9.76. The molecule has 0 spiro atoms. The van der Waals surface area contributed by atoms with Crippen molar-refractivity contribution in [2.24, 2.45) is 0 Å². The third-order valence-corrected chi connectivity index (χ3v) is 5.93. The molecule has 0 aliphatic heterocycles. The number of carbonyl (C=O) groups is 1. The first-order chi connectivity index (χ1) is 15.5. The van der Waals surface area contributed by atoms with Gasteiger partial charge in [-0.15, -0.1) is 11.3 Å². The number of aromatic amines is 1. The summed E-state index contributed by atoms with van der Waals surface area (Å²) in [6.07, 6.45) is 0. The van der Waals surface area contributed by atoms with Gasteiger partial charge in [0.15, 0.2) is 0 Å². The van der Waals surface area contributed by atoms with Crippen LogP contribution in [0.4, 0.5) is 5.69 Å². The van der Waals surface area contributed by atoms with Crippen LogP contribution in [0.2, 0.25) is 0 Å². The number of para-hydroxylation sites is 1. The highest BCUT2D eigenvalue weighted by atomic mass is 32.1. The second-order valence-corrected chi connectivity index (χ2v) is 8.49. The molecule has 1 N–H and O–H groups in total. The number of methoxy groups -OCH3 is 1. The number of nitrogens with one attached hydrogen (secondary N) is 1. The molecule has 7 nitrogen and oxygen atoms in total. The van der Waals surface area contributed by atoms with Gasteiger partial charge in [-0.25, -0.2) is 4.98 Å². The monoisotopic (exact) mass is 448 g/mol. The van der Waals surface area contributed by atoms with E-state index in [4.69, 9.17) is 4.74 Å². The van der Waals surface area contributed by atoms with E-state index in [9.17, 15) is 9.59 Å². The number of aromatic nitrogens is 2. The van der Waals surface area contributed by atoms with E-state index in [-0.39, 0.29) is 18.0 Å². The standard InChI is InChI=1S/C24H24N4O3S/c1-27(15-22-25-21-8-4-3-7-20(21)24(30)26-22)16-23(29)28(14-19-6-5-13-32-19)17-9-11-18(31-2)12-10-17/h3-13H,14-16H2,1-2H3,(H,25,26,30). The molecule has 2 heterocycles. The van der Waals surface area contributed by atoms with Crippen LogP contribution in [0.3, 0.4) is 0 Å². The summed E-state index contributed by atoms with van der Waals surface area (Å²) < 4.78 is 5.24. The summed E-state index contributed by atoms with van der Waals surface area (Å²) in [5.41, 5.74) is 1.27. The molecule has 0 aliphatic rings. The summed E-state index contributed by atoms with van der Waals surface area (Å²) in [5, 5.41) is 2.55. The van der Waals surface area contributed by atoms with E-state index < -0.39 is 0 Å². The molecule has 2 aromatic carbocycles. The number of fused-ring (bicyclic) bond motifs is 1. The number of anilines is 1. The SMILES string of the molecule is COc1ccc(N(Cc2cccs2)C(=O)CN(C)Cc2nc3ccccc3c(=O)[nH]2)cc1. The highest BCUT2D eigenvalue weighted by Gasteiger charge is 2.19. The summed E-state index contributed by atoms with van der Waals surface area (Å²) in [4.78, 5) is 37.7. The maximum absolute atomic E-state index is 13.3.